The molecule has 0 aromatic heterocycles. The zero-order chi connectivity index (χ0) is 41.0. The standard InChI is InChI=1S/C42H50F10O4/c1-26(10-6-2-4-8-12-37(53)55-31-18-14-27(15-19-31)29-22-33(43)39(34(44)23-29)41(47,48)49)11-7-3-5-9-13-38(54)56-32-20-16-28(17-21-32)30-24-35(45)40(36(46)25-30)42(50,51)52/h22-25,27-28,31-32H,1-21H2. The summed E-state index contributed by atoms with van der Waals surface area (Å²) in [4.78, 5) is 24.7. The summed E-state index contributed by atoms with van der Waals surface area (Å²) in [5.41, 5.74) is -2.26. The average Bonchev–Trinajstić information content (AvgIpc) is 3.10. The molecule has 0 heterocycles. The zero-order valence-electron chi connectivity index (χ0n) is 31.4. The molecule has 2 aromatic rings. The van der Waals surface area contributed by atoms with Crippen molar-refractivity contribution in [3.8, 4) is 0 Å². The van der Waals surface area contributed by atoms with Crippen LogP contribution < -0.4 is 0 Å². The van der Waals surface area contributed by atoms with E-state index in [9.17, 15) is 53.5 Å². The Kier molecular flexibility index (Phi) is 16.7. The summed E-state index contributed by atoms with van der Waals surface area (Å²) in [6.07, 6.45) is 1.97. The molecular weight excluding hydrogens is 758 g/mol. The first-order valence-electron chi connectivity index (χ1n) is 19.6. The summed E-state index contributed by atoms with van der Waals surface area (Å²) in [5, 5.41) is 0. The number of carbonyl (C=O) groups is 2. The number of halogens is 10. The summed E-state index contributed by atoms with van der Waals surface area (Å²) >= 11 is 0. The van der Waals surface area contributed by atoms with E-state index < -0.39 is 46.7 Å². The Morgan fingerprint density at radius 3 is 1.07 bits per heavy atom. The smallest absolute Gasteiger partial charge is 0.422 e. The van der Waals surface area contributed by atoms with Gasteiger partial charge in [0.25, 0.3) is 0 Å². The average molecular weight is 809 g/mol. The van der Waals surface area contributed by atoms with E-state index in [2.05, 4.69) is 6.58 Å². The second-order valence-corrected chi connectivity index (χ2v) is 15.2. The zero-order valence-corrected chi connectivity index (χ0v) is 31.4. The van der Waals surface area contributed by atoms with Crippen molar-refractivity contribution in [3.05, 3.63) is 81.9 Å². The highest BCUT2D eigenvalue weighted by Gasteiger charge is 2.40. The van der Waals surface area contributed by atoms with Crippen LogP contribution in [0.15, 0.2) is 36.4 Å². The topological polar surface area (TPSA) is 52.6 Å². The lowest BCUT2D eigenvalue weighted by Gasteiger charge is -2.29. The van der Waals surface area contributed by atoms with Gasteiger partial charge in [-0.2, -0.15) is 26.3 Å². The quantitative estimate of drug-likeness (QED) is 0.0651. The third-order valence-electron chi connectivity index (χ3n) is 10.9. The van der Waals surface area contributed by atoms with Crippen LogP contribution in [0.1, 0.15) is 163 Å². The van der Waals surface area contributed by atoms with Crippen molar-refractivity contribution in [1.29, 1.82) is 0 Å². The van der Waals surface area contributed by atoms with Crippen molar-refractivity contribution in [2.24, 2.45) is 0 Å². The first-order chi connectivity index (χ1) is 26.4. The Balaban J connectivity index is 0.967. The summed E-state index contributed by atoms with van der Waals surface area (Å²) in [6.45, 7) is 4.16. The van der Waals surface area contributed by atoms with Gasteiger partial charge in [0.15, 0.2) is 0 Å². The fourth-order valence-corrected chi connectivity index (χ4v) is 7.84. The molecule has 4 rings (SSSR count). The van der Waals surface area contributed by atoms with Crippen molar-refractivity contribution < 1.29 is 63.0 Å². The van der Waals surface area contributed by atoms with E-state index in [1.165, 1.54) is 0 Å². The van der Waals surface area contributed by atoms with Gasteiger partial charge in [0.05, 0.1) is 0 Å². The number of hydrogen-bond donors (Lipinski definition) is 0. The van der Waals surface area contributed by atoms with Crippen molar-refractivity contribution in [2.75, 3.05) is 0 Å². The number of alkyl halides is 6. The SMILES string of the molecule is C=C(CCCCCCC(=O)OC1CCC(c2cc(F)c(C(F)(F)F)c(F)c2)CC1)CCCCCCC(=O)OC1CCC(c2cc(F)c(C(F)(F)F)c(F)c2)CC1. The fourth-order valence-electron chi connectivity index (χ4n) is 7.84. The number of hydrogen-bond acceptors (Lipinski definition) is 4. The highest BCUT2D eigenvalue weighted by atomic mass is 19.4. The minimum Gasteiger partial charge on any atom is -0.462 e. The summed E-state index contributed by atoms with van der Waals surface area (Å²) in [7, 11) is 0. The van der Waals surface area contributed by atoms with Crippen LogP contribution >= 0.6 is 0 Å². The highest BCUT2D eigenvalue weighted by molar-refractivity contribution is 5.69. The Bertz CT molecular complexity index is 1460. The third-order valence-corrected chi connectivity index (χ3v) is 10.9. The molecule has 312 valence electrons. The molecule has 2 fully saturated rings. The highest BCUT2D eigenvalue weighted by Crippen LogP contribution is 2.41. The molecule has 2 saturated carbocycles. The van der Waals surface area contributed by atoms with Crippen molar-refractivity contribution in [2.45, 2.75) is 165 Å². The van der Waals surface area contributed by atoms with Crippen molar-refractivity contribution >= 4 is 11.9 Å². The van der Waals surface area contributed by atoms with E-state index in [0.717, 1.165) is 81.2 Å². The first kappa shape index (κ1) is 45.1. The second-order valence-electron chi connectivity index (χ2n) is 15.2. The number of ether oxygens (including phenoxy) is 2. The molecule has 0 spiro atoms. The van der Waals surface area contributed by atoms with Gasteiger partial charge >= 0.3 is 24.3 Å². The minimum atomic E-state index is -5.11. The second kappa shape index (κ2) is 20.7. The number of unbranched alkanes of at least 4 members (excludes halogenated alkanes) is 6. The minimum absolute atomic E-state index is 0.179. The molecule has 2 aromatic carbocycles. The molecule has 0 bridgehead atoms. The molecule has 0 aliphatic heterocycles. The lowest BCUT2D eigenvalue weighted by Crippen LogP contribution is -2.24. The molecule has 0 amide bonds. The normalized spacial score (nSPS) is 20.5. The van der Waals surface area contributed by atoms with Crippen LogP contribution in [0.4, 0.5) is 43.9 Å². The molecule has 0 unspecified atom stereocenters. The van der Waals surface area contributed by atoms with E-state index in [0.29, 0.717) is 64.2 Å². The van der Waals surface area contributed by atoms with Crippen LogP contribution in [0.2, 0.25) is 0 Å². The number of carbonyl (C=O) groups excluding carboxylic acids is 2. The van der Waals surface area contributed by atoms with Gasteiger partial charge in [-0.15, -0.1) is 0 Å². The largest absolute Gasteiger partial charge is 0.462 e. The summed E-state index contributed by atoms with van der Waals surface area (Å²) < 4.78 is 144. The van der Waals surface area contributed by atoms with E-state index >= 15 is 0 Å². The van der Waals surface area contributed by atoms with Crippen molar-refractivity contribution in [3.63, 3.8) is 0 Å². The van der Waals surface area contributed by atoms with E-state index in [4.69, 9.17) is 9.47 Å². The molecule has 2 aliphatic carbocycles. The van der Waals surface area contributed by atoms with E-state index in [-0.39, 0.29) is 60.0 Å². The Labute approximate surface area is 321 Å². The van der Waals surface area contributed by atoms with Crippen LogP contribution in [0.5, 0.6) is 0 Å². The number of benzene rings is 2. The fraction of sp³-hybridized carbons (Fsp3) is 0.619. The Morgan fingerprint density at radius 1 is 0.500 bits per heavy atom. The molecule has 4 nitrogen and oxygen atoms in total. The maximum atomic E-state index is 14.0. The Morgan fingerprint density at radius 2 is 0.786 bits per heavy atom. The first-order valence-corrected chi connectivity index (χ1v) is 19.6. The molecule has 14 heteroatoms. The maximum Gasteiger partial charge on any atom is 0.422 e. The van der Waals surface area contributed by atoms with Gasteiger partial charge in [-0.3, -0.25) is 9.59 Å². The van der Waals surface area contributed by atoms with Gasteiger partial charge in [-0.25, -0.2) is 17.6 Å². The molecule has 56 heavy (non-hydrogen) atoms. The number of allylic oxidation sites excluding steroid dienone is 1. The lowest BCUT2D eigenvalue weighted by molar-refractivity contribution is -0.151. The van der Waals surface area contributed by atoms with Crippen LogP contribution in [0.25, 0.3) is 0 Å². The monoisotopic (exact) mass is 808 g/mol. The molecule has 2 aliphatic rings. The van der Waals surface area contributed by atoms with Gasteiger partial charge in [0.1, 0.15) is 46.6 Å². The molecular formula is C42H50F10O4. The van der Waals surface area contributed by atoms with Crippen molar-refractivity contribution in [1.82, 2.24) is 0 Å². The summed E-state index contributed by atoms with van der Waals surface area (Å²) in [6, 6.07) is 3.00. The van der Waals surface area contributed by atoms with Crippen LogP contribution in [-0.4, -0.2) is 24.1 Å². The van der Waals surface area contributed by atoms with Gasteiger partial charge in [0, 0.05) is 12.8 Å². The third kappa shape index (κ3) is 13.8. The van der Waals surface area contributed by atoms with Gasteiger partial charge in [-0.05, 0) is 137 Å². The maximum absolute atomic E-state index is 14.0. The van der Waals surface area contributed by atoms with Crippen LogP contribution in [0.3, 0.4) is 0 Å². The predicted molar refractivity (Wildman–Crippen MR) is 189 cm³/mol. The number of esters is 2. The van der Waals surface area contributed by atoms with Crippen LogP contribution in [0, 0.1) is 23.3 Å². The Hall–Kier alpha value is -3.58. The van der Waals surface area contributed by atoms with Gasteiger partial charge < -0.3 is 9.47 Å². The molecule has 0 saturated heterocycles. The summed E-state index contributed by atoms with van der Waals surface area (Å²) in [5.74, 6) is -7.74. The molecule has 0 N–H and O–H groups in total. The lowest BCUT2D eigenvalue weighted by atomic mass is 9.82. The predicted octanol–water partition coefficient (Wildman–Crippen LogP) is 13.4. The number of rotatable bonds is 18. The van der Waals surface area contributed by atoms with Gasteiger partial charge in [-0.1, -0.05) is 37.8 Å². The van der Waals surface area contributed by atoms with E-state index in [1.54, 1.807) is 0 Å². The molecule has 0 radical (unpaired) electrons. The molecule has 0 atom stereocenters. The van der Waals surface area contributed by atoms with Gasteiger partial charge in [0.2, 0.25) is 0 Å². The van der Waals surface area contributed by atoms with Crippen LogP contribution in [-0.2, 0) is 31.4 Å². The van der Waals surface area contributed by atoms with E-state index in [1.807, 2.05) is 0 Å².